The highest BCUT2D eigenvalue weighted by atomic mass is 16.5. The monoisotopic (exact) mass is 312 g/mol. The zero-order valence-electron chi connectivity index (χ0n) is 13.9. The molecule has 4 nitrogen and oxygen atoms in total. The summed E-state index contributed by atoms with van der Waals surface area (Å²) in [5.41, 5.74) is 9.23. The number of nitrogens with one attached hydrogen (secondary N) is 1. The normalized spacial score (nSPS) is 13.2. The van der Waals surface area contributed by atoms with E-state index in [2.05, 4.69) is 5.32 Å². The van der Waals surface area contributed by atoms with Gasteiger partial charge in [-0.15, -0.1) is 0 Å². The number of amides is 1. The maximum Gasteiger partial charge on any atom is 0.225 e. The summed E-state index contributed by atoms with van der Waals surface area (Å²) >= 11 is 0. The van der Waals surface area contributed by atoms with Gasteiger partial charge >= 0.3 is 0 Å². The lowest BCUT2D eigenvalue weighted by Gasteiger charge is -2.20. The Hall–Kier alpha value is -2.33. The van der Waals surface area contributed by atoms with Crippen LogP contribution in [0.2, 0.25) is 0 Å². The minimum Gasteiger partial charge on any atom is -0.496 e. The van der Waals surface area contributed by atoms with Gasteiger partial charge in [0.05, 0.1) is 13.0 Å². The van der Waals surface area contributed by atoms with Crippen molar-refractivity contribution >= 4 is 5.91 Å². The molecule has 2 atom stereocenters. The van der Waals surface area contributed by atoms with Gasteiger partial charge in [-0.2, -0.15) is 0 Å². The van der Waals surface area contributed by atoms with Crippen LogP contribution in [0.25, 0.3) is 0 Å². The molecule has 0 radical (unpaired) electrons. The summed E-state index contributed by atoms with van der Waals surface area (Å²) < 4.78 is 5.30. The number of methoxy groups -OCH3 is 1. The Morgan fingerprint density at radius 3 is 2.57 bits per heavy atom. The molecule has 2 aromatic rings. The number of carbonyl (C=O) groups is 1. The minimum absolute atomic E-state index is 0.0547. The summed E-state index contributed by atoms with van der Waals surface area (Å²) in [7, 11) is 1.64. The average molecular weight is 312 g/mol. The van der Waals surface area contributed by atoms with Gasteiger partial charge in [0.2, 0.25) is 5.91 Å². The van der Waals surface area contributed by atoms with Crippen molar-refractivity contribution < 1.29 is 9.53 Å². The third kappa shape index (κ3) is 4.33. The topological polar surface area (TPSA) is 64.3 Å². The molecule has 0 saturated carbocycles. The molecular weight excluding hydrogens is 288 g/mol. The van der Waals surface area contributed by atoms with E-state index in [4.69, 9.17) is 10.5 Å². The predicted molar refractivity (Wildman–Crippen MR) is 92.1 cm³/mol. The van der Waals surface area contributed by atoms with Crippen LogP contribution in [0.3, 0.4) is 0 Å². The highest BCUT2D eigenvalue weighted by Gasteiger charge is 2.21. The van der Waals surface area contributed by atoms with Crippen molar-refractivity contribution in [1.82, 2.24) is 5.32 Å². The molecule has 0 aromatic heterocycles. The van der Waals surface area contributed by atoms with E-state index in [1.165, 1.54) is 0 Å². The fourth-order valence-electron chi connectivity index (χ4n) is 2.45. The fraction of sp³-hybridized carbons (Fsp3) is 0.316. The summed E-state index contributed by atoms with van der Waals surface area (Å²) in [5, 5.41) is 2.95. The second-order valence-corrected chi connectivity index (χ2v) is 5.75. The Morgan fingerprint density at radius 1 is 1.22 bits per heavy atom. The second-order valence-electron chi connectivity index (χ2n) is 5.75. The maximum atomic E-state index is 12.3. The summed E-state index contributed by atoms with van der Waals surface area (Å²) in [4.78, 5) is 12.3. The van der Waals surface area contributed by atoms with Crippen LogP contribution in [0.1, 0.15) is 29.7 Å². The molecule has 1 amide bonds. The molecule has 0 aliphatic heterocycles. The lowest BCUT2D eigenvalue weighted by molar-refractivity contribution is -0.125. The first-order chi connectivity index (χ1) is 11.0. The van der Waals surface area contributed by atoms with Crippen molar-refractivity contribution in [3.05, 3.63) is 65.2 Å². The van der Waals surface area contributed by atoms with E-state index in [9.17, 15) is 4.79 Å². The van der Waals surface area contributed by atoms with Crippen molar-refractivity contribution in [3.63, 3.8) is 0 Å². The zero-order chi connectivity index (χ0) is 16.8. The summed E-state index contributed by atoms with van der Waals surface area (Å²) in [6.45, 7) is 4.30. The van der Waals surface area contributed by atoms with Crippen LogP contribution in [0.5, 0.6) is 5.75 Å². The molecule has 0 aliphatic carbocycles. The Kier molecular flexibility index (Phi) is 5.77. The van der Waals surface area contributed by atoms with Crippen LogP contribution < -0.4 is 15.8 Å². The maximum absolute atomic E-state index is 12.3. The molecular formula is C19H24N2O2. The van der Waals surface area contributed by atoms with E-state index < -0.39 is 0 Å². The largest absolute Gasteiger partial charge is 0.496 e. The first-order valence-corrected chi connectivity index (χ1v) is 7.74. The van der Waals surface area contributed by atoms with Gasteiger partial charge in [-0.05, 0) is 29.7 Å². The van der Waals surface area contributed by atoms with Crippen LogP contribution in [-0.4, -0.2) is 13.0 Å². The summed E-state index contributed by atoms with van der Waals surface area (Å²) in [5.74, 6) is 0.469. The van der Waals surface area contributed by atoms with Crippen molar-refractivity contribution in [1.29, 1.82) is 0 Å². The van der Waals surface area contributed by atoms with Crippen LogP contribution >= 0.6 is 0 Å². The van der Waals surface area contributed by atoms with E-state index in [1.807, 2.05) is 62.4 Å². The first-order valence-electron chi connectivity index (χ1n) is 7.74. The number of carbonyl (C=O) groups excluding carboxylic acids is 1. The summed E-state index contributed by atoms with van der Waals surface area (Å²) in [6, 6.07) is 15.3. The molecule has 2 unspecified atom stereocenters. The van der Waals surface area contributed by atoms with Crippen molar-refractivity contribution in [3.8, 4) is 5.75 Å². The smallest absolute Gasteiger partial charge is 0.225 e. The fourth-order valence-corrected chi connectivity index (χ4v) is 2.45. The van der Waals surface area contributed by atoms with Crippen molar-refractivity contribution in [2.75, 3.05) is 7.11 Å². The van der Waals surface area contributed by atoms with Crippen LogP contribution in [-0.2, 0) is 11.3 Å². The van der Waals surface area contributed by atoms with Gasteiger partial charge in [-0.1, -0.05) is 49.4 Å². The Bertz CT molecular complexity index is 656. The van der Waals surface area contributed by atoms with E-state index in [1.54, 1.807) is 7.11 Å². The third-order valence-electron chi connectivity index (χ3n) is 4.08. The molecule has 122 valence electrons. The number of aryl methyl sites for hydroxylation is 1. The van der Waals surface area contributed by atoms with Gasteiger partial charge < -0.3 is 15.8 Å². The van der Waals surface area contributed by atoms with Crippen molar-refractivity contribution in [2.45, 2.75) is 26.4 Å². The van der Waals surface area contributed by atoms with E-state index >= 15 is 0 Å². The first kappa shape index (κ1) is 17.0. The molecule has 2 aromatic carbocycles. The second kappa shape index (κ2) is 7.79. The number of ether oxygens (including phenoxy) is 1. The van der Waals surface area contributed by atoms with Crippen LogP contribution in [0.15, 0.2) is 48.5 Å². The summed E-state index contributed by atoms with van der Waals surface area (Å²) in [6.07, 6.45) is 0. The van der Waals surface area contributed by atoms with Gasteiger partial charge in [0.15, 0.2) is 0 Å². The molecule has 3 N–H and O–H groups in total. The Labute approximate surface area is 137 Å². The molecule has 23 heavy (non-hydrogen) atoms. The zero-order valence-corrected chi connectivity index (χ0v) is 13.9. The van der Waals surface area contributed by atoms with E-state index in [0.717, 1.165) is 22.4 Å². The SMILES string of the molecule is COc1cc(CNC(=O)C(C)C(N)c2ccccc2)ccc1C. The average Bonchev–Trinajstić information content (AvgIpc) is 2.60. The number of rotatable bonds is 6. The van der Waals surface area contributed by atoms with E-state index in [0.29, 0.717) is 6.54 Å². The molecule has 0 bridgehead atoms. The van der Waals surface area contributed by atoms with Gasteiger partial charge in [0.1, 0.15) is 5.75 Å². The molecule has 0 aliphatic rings. The molecule has 4 heteroatoms. The number of hydrogen-bond donors (Lipinski definition) is 2. The van der Waals surface area contributed by atoms with Gasteiger partial charge in [0, 0.05) is 12.6 Å². The molecule has 0 fully saturated rings. The highest BCUT2D eigenvalue weighted by molar-refractivity contribution is 5.79. The van der Waals surface area contributed by atoms with Crippen LogP contribution in [0.4, 0.5) is 0 Å². The molecule has 0 spiro atoms. The van der Waals surface area contributed by atoms with Gasteiger partial charge in [0.25, 0.3) is 0 Å². The highest BCUT2D eigenvalue weighted by Crippen LogP contribution is 2.21. The van der Waals surface area contributed by atoms with E-state index in [-0.39, 0.29) is 17.9 Å². The minimum atomic E-state index is -0.316. The van der Waals surface area contributed by atoms with Gasteiger partial charge in [-0.3, -0.25) is 4.79 Å². The number of nitrogens with two attached hydrogens (primary N) is 1. The molecule has 0 heterocycles. The predicted octanol–water partition coefficient (Wildman–Crippen LogP) is 2.96. The van der Waals surface area contributed by atoms with Crippen LogP contribution in [0, 0.1) is 12.8 Å². The lowest BCUT2D eigenvalue weighted by Crippen LogP contribution is -2.35. The molecule has 2 rings (SSSR count). The lowest BCUT2D eigenvalue weighted by atomic mass is 9.94. The number of benzene rings is 2. The third-order valence-corrected chi connectivity index (χ3v) is 4.08. The van der Waals surface area contributed by atoms with Gasteiger partial charge in [-0.25, -0.2) is 0 Å². The van der Waals surface area contributed by atoms with Crippen molar-refractivity contribution in [2.24, 2.45) is 11.7 Å². The quantitative estimate of drug-likeness (QED) is 0.862. The Balaban J connectivity index is 1.96. The number of hydrogen-bond acceptors (Lipinski definition) is 3. The Morgan fingerprint density at radius 2 is 1.91 bits per heavy atom. The standard InChI is InChI=1S/C19H24N2O2/c1-13-9-10-15(11-17(13)23-3)12-21-19(22)14(2)18(20)16-7-5-4-6-8-16/h4-11,14,18H,12,20H2,1-3H3,(H,21,22). The molecule has 0 saturated heterocycles.